The highest BCUT2D eigenvalue weighted by Gasteiger charge is 2.09. The summed E-state index contributed by atoms with van der Waals surface area (Å²) >= 11 is 0. The largest absolute Gasteiger partial charge is 0.381 e. The third-order valence-electron chi connectivity index (χ3n) is 3.91. The van der Waals surface area contributed by atoms with Crippen LogP contribution in [0.3, 0.4) is 0 Å². The molecule has 0 saturated heterocycles. The van der Waals surface area contributed by atoms with Gasteiger partial charge in [0, 0.05) is 29.7 Å². The summed E-state index contributed by atoms with van der Waals surface area (Å²) < 4.78 is 0. The first-order valence-corrected chi connectivity index (χ1v) is 7.77. The van der Waals surface area contributed by atoms with Gasteiger partial charge in [-0.15, -0.1) is 0 Å². The van der Waals surface area contributed by atoms with Gasteiger partial charge in [0.25, 0.3) is 0 Å². The number of amides is 1. The number of hydrogen-bond acceptors (Lipinski definition) is 4. The number of primary amides is 1. The summed E-state index contributed by atoms with van der Waals surface area (Å²) in [6.07, 6.45) is 1.81. The summed E-state index contributed by atoms with van der Waals surface area (Å²) in [7, 11) is 4.02. The highest BCUT2D eigenvalue weighted by molar-refractivity contribution is 5.94. The van der Waals surface area contributed by atoms with Gasteiger partial charge < -0.3 is 16.0 Å². The highest BCUT2D eigenvalue weighted by atomic mass is 16.1. The molecule has 4 N–H and O–H groups in total. The first-order chi connectivity index (χ1) is 11.5. The number of rotatable bonds is 6. The Kier molecular flexibility index (Phi) is 4.48. The fourth-order valence-corrected chi connectivity index (χ4v) is 2.74. The van der Waals surface area contributed by atoms with E-state index in [9.17, 15) is 4.79 Å². The monoisotopic (exact) mass is 323 g/mol. The van der Waals surface area contributed by atoms with E-state index in [-0.39, 0.29) is 0 Å². The standard InChI is InChI=1S/C18H21N5O/c1-23(2)11-15-7-6-12(18(19)24)8-16(15)20-9-13-4-3-5-14-10-21-22-17(13)14/h3-8,10,20H,9,11H2,1-2H3,(H2,19,24)(H,21,22). The van der Waals surface area contributed by atoms with Crippen LogP contribution in [-0.2, 0) is 13.1 Å². The second kappa shape index (κ2) is 6.72. The van der Waals surface area contributed by atoms with Crippen molar-refractivity contribution in [3.63, 3.8) is 0 Å². The summed E-state index contributed by atoms with van der Waals surface area (Å²) in [6, 6.07) is 11.6. The number of aromatic nitrogens is 2. The molecule has 124 valence electrons. The van der Waals surface area contributed by atoms with Crippen molar-refractivity contribution in [3.05, 3.63) is 59.3 Å². The molecule has 0 saturated carbocycles. The van der Waals surface area contributed by atoms with Gasteiger partial charge in [-0.05, 0) is 37.4 Å². The Labute approximate surface area is 140 Å². The van der Waals surface area contributed by atoms with Crippen LogP contribution in [0.25, 0.3) is 10.9 Å². The highest BCUT2D eigenvalue weighted by Crippen LogP contribution is 2.22. The number of H-pyrrole nitrogens is 1. The zero-order valence-corrected chi connectivity index (χ0v) is 13.8. The number of benzene rings is 2. The first kappa shape index (κ1) is 16.0. The normalized spacial score (nSPS) is 11.1. The van der Waals surface area contributed by atoms with Crippen LogP contribution in [0.2, 0.25) is 0 Å². The molecule has 2 aromatic carbocycles. The Morgan fingerprint density at radius 3 is 2.83 bits per heavy atom. The molecule has 6 nitrogen and oxygen atoms in total. The van der Waals surface area contributed by atoms with Crippen LogP contribution < -0.4 is 11.1 Å². The van der Waals surface area contributed by atoms with E-state index in [1.807, 2.05) is 44.6 Å². The molecule has 0 radical (unpaired) electrons. The van der Waals surface area contributed by atoms with E-state index in [4.69, 9.17) is 5.73 Å². The number of anilines is 1. The number of nitrogens with two attached hydrogens (primary N) is 1. The lowest BCUT2D eigenvalue weighted by molar-refractivity contribution is 0.100. The zero-order chi connectivity index (χ0) is 17.1. The fourth-order valence-electron chi connectivity index (χ4n) is 2.74. The van der Waals surface area contributed by atoms with E-state index in [2.05, 4.69) is 26.5 Å². The van der Waals surface area contributed by atoms with Crippen molar-refractivity contribution < 1.29 is 4.79 Å². The lowest BCUT2D eigenvalue weighted by Crippen LogP contribution is -2.15. The van der Waals surface area contributed by atoms with E-state index < -0.39 is 5.91 Å². The molecule has 1 amide bonds. The molecular weight excluding hydrogens is 302 g/mol. The number of para-hydroxylation sites is 1. The van der Waals surface area contributed by atoms with Crippen LogP contribution in [0.15, 0.2) is 42.6 Å². The van der Waals surface area contributed by atoms with Crippen LogP contribution in [-0.4, -0.2) is 35.1 Å². The van der Waals surface area contributed by atoms with Gasteiger partial charge in [0.2, 0.25) is 5.91 Å². The Morgan fingerprint density at radius 2 is 2.08 bits per heavy atom. The van der Waals surface area contributed by atoms with Crippen LogP contribution in [0, 0.1) is 0 Å². The third-order valence-corrected chi connectivity index (χ3v) is 3.91. The van der Waals surface area contributed by atoms with Crippen molar-refractivity contribution in [2.75, 3.05) is 19.4 Å². The molecule has 6 heteroatoms. The number of hydrogen-bond donors (Lipinski definition) is 3. The topological polar surface area (TPSA) is 87.0 Å². The van der Waals surface area contributed by atoms with Gasteiger partial charge in [-0.3, -0.25) is 9.89 Å². The van der Waals surface area contributed by atoms with Crippen molar-refractivity contribution >= 4 is 22.5 Å². The van der Waals surface area contributed by atoms with Crippen molar-refractivity contribution in [1.82, 2.24) is 15.1 Å². The van der Waals surface area contributed by atoms with Crippen molar-refractivity contribution in [1.29, 1.82) is 0 Å². The number of nitrogens with one attached hydrogen (secondary N) is 2. The summed E-state index contributed by atoms with van der Waals surface area (Å²) in [5, 5.41) is 11.6. The predicted molar refractivity (Wildman–Crippen MR) is 95.8 cm³/mol. The van der Waals surface area contributed by atoms with E-state index in [0.29, 0.717) is 12.1 Å². The van der Waals surface area contributed by atoms with Gasteiger partial charge >= 0.3 is 0 Å². The van der Waals surface area contributed by atoms with Crippen LogP contribution in [0.1, 0.15) is 21.5 Å². The Hall–Kier alpha value is -2.86. The Balaban J connectivity index is 1.88. The predicted octanol–water partition coefficient (Wildman–Crippen LogP) is 2.34. The lowest BCUT2D eigenvalue weighted by atomic mass is 10.1. The number of carbonyl (C=O) groups is 1. The van der Waals surface area contributed by atoms with Crippen LogP contribution in [0.5, 0.6) is 0 Å². The summed E-state index contributed by atoms with van der Waals surface area (Å²) in [5.74, 6) is -0.426. The molecule has 0 aliphatic heterocycles. The molecule has 0 aliphatic carbocycles. The summed E-state index contributed by atoms with van der Waals surface area (Å²) in [6.45, 7) is 1.40. The molecule has 24 heavy (non-hydrogen) atoms. The minimum absolute atomic E-state index is 0.426. The van der Waals surface area contributed by atoms with Gasteiger partial charge in [0.1, 0.15) is 0 Å². The van der Waals surface area contributed by atoms with Crippen LogP contribution in [0.4, 0.5) is 5.69 Å². The molecule has 0 spiro atoms. The molecule has 0 atom stereocenters. The third kappa shape index (κ3) is 3.38. The van der Waals surface area contributed by atoms with Gasteiger partial charge in [-0.1, -0.05) is 24.3 Å². The van der Waals surface area contributed by atoms with Gasteiger partial charge in [-0.2, -0.15) is 5.10 Å². The molecule has 0 aliphatic rings. The second-order valence-electron chi connectivity index (χ2n) is 6.08. The average molecular weight is 323 g/mol. The van der Waals surface area contributed by atoms with E-state index >= 15 is 0 Å². The molecule has 0 bridgehead atoms. The van der Waals surface area contributed by atoms with Crippen molar-refractivity contribution in [3.8, 4) is 0 Å². The molecule has 0 unspecified atom stereocenters. The van der Waals surface area contributed by atoms with Gasteiger partial charge in [0.05, 0.1) is 11.7 Å². The summed E-state index contributed by atoms with van der Waals surface area (Å²) in [5.41, 5.74) is 10.1. The van der Waals surface area contributed by atoms with E-state index in [0.717, 1.165) is 34.3 Å². The maximum atomic E-state index is 11.5. The molecule has 1 heterocycles. The Morgan fingerprint density at radius 1 is 1.25 bits per heavy atom. The Bertz CT molecular complexity index is 869. The molecule has 3 aromatic rings. The van der Waals surface area contributed by atoms with Crippen LogP contribution >= 0.6 is 0 Å². The fraction of sp³-hybridized carbons (Fsp3) is 0.222. The average Bonchev–Trinajstić information content (AvgIpc) is 3.02. The molecule has 1 aromatic heterocycles. The number of nitrogens with zero attached hydrogens (tertiary/aromatic N) is 2. The smallest absolute Gasteiger partial charge is 0.248 e. The zero-order valence-electron chi connectivity index (χ0n) is 13.8. The molecule has 0 fully saturated rings. The maximum Gasteiger partial charge on any atom is 0.248 e. The number of carbonyl (C=O) groups excluding carboxylic acids is 1. The van der Waals surface area contributed by atoms with Crippen molar-refractivity contribution in [2.45, 2.75) is 13.1 Å². The maximum absolute atomic E-state index is 11.5. The van der Waals surface area contributed by atoms with Gasteiger partial charge in [0.15, 0.2) is 0 Å². The minimum atomic E-state index is -0.426. The van der Waals surface area contributed by atoms with E-state index in [1.54, 1.807) is 6.07 Å². The first-order valence-electron chi connectivity index (χ1n) is 7.77. The molecular formula is C18H21N5O. The minimum Gasteiger partial charge on any atom is -0.381 e. The lowest BCUT2D eigenvalue weighted by Gasteiger charge is -2.17. The van der Waals surface area contributed by atoms with E-state index in [1.165, 1.54) is 0 Å². The SMILES string of the molecule is CN(C)Cc1ccc(C(N)=O)cc1NCc1cccc2cn[nH]c12. The number of fused-ring (bicyclic) bond motifs is 1. The summed E-state index contributed by atoms with van der Waals surface area (Å²) in [4.78, 5) is 13.6. The van der Waals surface area contributed by atoms with Gasteiger partial charge in [-0.25, -0.2) is 0 Å². The number of aromatic amines is 1. The second-order valence-corrected chi connectivity index (χ2v) is 6.08. The quantitative estimate of drug-likeness (QED) is 0.650. The van der Waals surface area contributed by atoms with Crippen molar-refractivity contribution in [2.24, 2.45) is 5.73 Å². The molecule has 3 rings (SSSR count).